The number of rotatable bonds is 1. The summed E-state index contributed by atoms with van der Waals surface area (Å²) in [7, 11) is 0. The van der Waals surface area contributed by atoms with E-state index in [2.05, 4.69) is 33.4 Å². The fourth-order valence-corrected chi connectivity index (χ4v) is 2.47. The fraction of sp³-hybridized carbons (Fsp3) is 0.385. The lowest BCUT2D eigenvalue weighted by molar-refractivity contribution is 0.0525. The van der Waals surface area contributed by atoms with E-state index in [-0.39, 0.29) is 6.10 Å². The topological polar surface area (TPSA) is 34.4 Å². The van der Waals surface area contributed by atoms with Crippen LogP contribution in [0.5, 0.6) is 0 Å². The number of benzene rings is 1. The van der Waals surface area contributed by atoms with E-state index in [4.69, 9.17) is 9.15 Å². The van der Waals surface area contributed by atoms with Crippen LogP contribution in [0.2, 0.25) is 0 Å². The average Bonchev–Trinajstić information content (AvgIpc) is 2.57. The first kappa shape index (κ1) is 11.3. The van der Waals surface area contributed by atoms with Crippen molar-refractivity contribution in [3.63, 3.8) is 0 Å². The van der Waals surface area contributed by atoms with Crippen molar-refractivity contribution in [1.82, 2.24) is 5.32 Å². The van der Waals surface area contributed by atoms with Crippen LogP contribution < -0.4 is 5.32 Å². The van der Waals surface area contributed by atoms with Gasteiger partial charge in [0, 0.05) is 23.0 Å². The maximum Gasteiger partial charge on any atom is 0.135 e. The third-order valence-corrected chi connectivity index (χ3v) is 3.45. The fourth-order valence-electron chi connectivity index (χ4n) is 2.09. The van der Waals surface area contributed by atoms with E-state index < -0.39 is 0 Å². The van der Waals surface area contributed by atoms with Crippen LogP contribution in [-0.2, 0) is 4.74 Å². The van der Waals surface area contributed by atoms with Crippen LogP contribution in [0.25, 0.3) is 11.0 Å². The molecule has 1 atom stereocenters. The highest BCUT2D eigenvalue weighted by molar-refractivity contribution is 9.10. The molecule has 1 saturated heterocycles. The summed E-state index contributed by atoms with van der Waals surface area (Å²) in [5, 5.41) is 4.47. The van der Waals surface area contributed by atoms with E-state index in [0.717, 1.165) is 47.3 Å². The average molecular weight is 296 g/mol. The van der Waals surface area contributed by atoms with Crippen molar-refractivity contribution in [3.8, 4) is 0 Å². The van der Waals surface area contributed by atoms with E-state index in [1.807, 2.05) is 12.1 Å². The summed E-state index contributed by atoms with van der Waals surface area (Å²) in [4.78, 5) is 0. The summed E-state index contributed by atoms with van der Waals surface area (Å²) in [5.41, 5.74) is 0.913. The minimum atomic E-state index is 0.0312. The molecule has 0 radical (unpaired) electrons. The zero-order valence-corrected chi connectivity index (χ0v) is 11.0. The first-order valence-corrected chi connectivity index (χ1v) is 6.63. The van der Waals surface area contributed by atoms with Crippen molar-refractivity contribution in [1.29, 1.82) is 0 Å². The Morgan fingerprint density at radius 2 is 2.24 bits per heavy atom. The number of halogens is 1. The molecule has 0 saturated carbocycles. The number of hydrogen-bond donors (Lipinski definition) is 1. The van der Waals surface area contributed by atoms with E-state index >= 15 is 0 Å². The van der Waals surface area contributed by atoms with Gasteiger partial charge in [-0.3, -0.25) is 0 Å². The van der Waals surface area contributed by atoms with Gasteiger partial charge in [-0.2, -0.15) is 0 Å². The molecule has 90 valence electrons. The molecule has 0 amide bonds. The molecule has 1 fully saturated rings. The number of ether oxygens (including phenoxy) is 1. The van der Waals surface area contributed by atoms with E-state index in [0.29, 0.717) is 0 Å². The predicted octanol–water partition coefficient (Wildman–Crippen LogP) is 3.25. The maximum absolute atomic E-state index is 5.83. The Morgan fingerprint density at radius 1 is 1.29 bits per heavy atom. The van der Waals surface area contributed by atoms with Crippen molar-refractivity contribution < 1.29 is 9.15 Å². The minimum Gasteiger partial charge on any atom is -0.458 e. The Morgan fingerprint density at radius 3 is 3.18 bits per heavy atom. The van der Waals surface area contributed by atoms with Crippen molar-refractivity contribution >= 4 is 26.9 Å². The summed E-state index contributed by atoms with van der Waals surface area (Å²) in [5.74, 6) is 0.910. The van der Waals surface area contributed by atoms with Gasteiger partial charge in [-0.15, -0.1) is 0 Å². The highest BCUT2D eigenvalue weighted by atomic mass is 79.9. The molecule has 0 spiro atoms. The summed E-state index contributed by atoms with van der Waals surface area (Å²) < 4.78 is 12.7. The Balaban J connectivity index is 1.93. The molecule has 1 unspecified atom stereocenters. The van der Waals surface area contributed by atoms with Gasteiger partial charge < -0.3 is 14.5 Å². The SMILES string of the molecule is Brc1ccc2oc(C3CNCCCO3)cc2c1. The van der Waals surface area contributed by atoms with Gasteiger partial charge in [0.05, 0.1) is 0 Å². The molecule has 0 aliphatic carbocycles. The summed E-state index contributed by atoms with van der Waals surface area (Å²) in [6.07, 6.45) is 1.09. The molecule has 1 aromatic carbocycles. The van der Waals surface area contributed by atoms with Crippen molar-refractivity contribution in [2.45, 2.75) is 12.5 Å². The Bertz CT molecular complexity index is 515. The lowest BCUT2D eigenvalue weighted by atomic mass is 10.2. The Hall–Kier alpha value is -0.840. The molecule has 1 aliphatic rings. The van der Waals surface area contributed by atoms with Gasteiger partial charge in [0.15, 0.2) is 0 Å². The van der Waals surface area contributed by atoms with Crippen molar-refractivity contribution in [2.24, 2.45) is 0 Å². The largest absolute Gasteiger partial charge is 0.458 e. The molecule has 0 bridgehead atoms. The van der Waals surface area contributed by atoms with Crippen molar-refractivity contribution in [2.75, 3.05) is 19.7 Å². The molecule has 2 aromatic rings. The third kappa shape index (κ3) is 2.39. The quantitative estimate of drug-likeness (QED) is 0.877. The number of nitrogens with one attached hydrogen (secondary N) is 1. The standard InChI is InChI=1S/C13H14BrNO2/c14-10-2-3-11-9(6-10)7-12(17-11)13-8-15-4-1-5-16-13/h2-3,6-7,13,15H,1,4-5,8H2. The van der Waals surface area contributed by atoms with Crippen molar-refractivity contribution in [3.05, 3.63) is 34.5 Å². The molecular formula is C13H14BrNO2. The summed E-state index contributed by atoms with van der Waals surface area (Å²) in [6.45, 7) is 2.63. The first-order valence-electron chi connectivity index (χ1n) is 5.84. The normalized spacial score (nSPS) is 21.6. The van der Waals surface area contributed by atoms with Crippen LogP contribution in [0.1, 0.15) is 18.3 Å². The predicted molar refractivity (Wildman–Crippen MR) is 70.1 cm³/mol. The highest BCUT2D eigenvalue weighted by Crippen LogP contribution is 2.28. The second-order valence-corrected chi connectivity index (χ2v) is 5.16. The van der Waals surface area contributed by atoms with Gasteiger partial charge in [0.2, 0.25) is 0 Å². The van der Waals surface area contributed by atoms with E-state index in [1.54, 1.807) is 0 Å². The van der Waals surface area contributed by atoms with Gasteiger partial charge in [-0.25, -0.2) is 0 Å². The number of fused-ring (bicyclic) bond motifs is 1. The molecule has 3 nitrogen and oxygen atoms in total. The molecule has 4 heteroatoms. The monoisotopic (exact) mass is 295 g/mol. The summed E-state index contributed by atoms with van der Waals surface area (Å²) in [6, 6.07) is 8.10. The number of furan rings is 1. The van der Waals surface area contributed by atoms with Crippen LogP contribution in [-0.4, -0.2) is 19.7 Å². The minimum absolute atomic E-state index is 0.0312. The second-order valence-electron chi connectivity index (χ2n) is 4.25. The van der Waals surface area contributed by atoms with Gasteiger partial charge in [-0.05, 0) is 37.2 Å². The maximum atomic E-state index is 5.83. The van der Waals surface area contributed by atoms with Gasteiger partial charge in [-0.1, -0.05) is 15.9 Å². The van der Waals surface area contributed by atoms with Crippen LogP contribution in [0.3, 0.4) is 0 Å². The third-order valence-electron chi connectivity index (χ3n) is 2.96. The van der Waals surface area contributed by atoms with Crippen LogP contribution in [0.15, 0.2) is 33.2 Å². The van der Waals surface area contributed by atoms with E-state index in [1.165, 1.54) is 0 Å². The van der Waals surface area contributed by atoms with Gasteiger partial charge in [0.1, 0.15) is 17.4 Å². The molecular weight excluding hydrogens is 282 g/mol. The van der Waals surface area contributed by atoms with Crippen LogP contribution in [0, 0.1) is 0 Å². The Labute approximate surface area is 108 Å². The molecule has 1 aromatic heterocycles. The van der Waals surface area contributed by atoms with Gasteiger partial charge >= 0.3 is 0 Å². The zero-order valence-electron chi connectivity index (χ0n) is 9.41. The molecule has 1 aliphatic heterocycles. The molecule has 17 heavy (non-hydrogen) atoms. The first-order chi connectivity index (χ1) is 8.33. The highest BCUT2D eigenvalue weighted by Gasteiger charge is 2.18. The lowest BCUT2D eigenvalue weighted by Gasteiger charge is -2.11. The van der Waals surface area contributed by atoms with Gasteiger partial charge in [0.25, 0.3) is 0 Å². The summed E-state index contributed by atoms with van der Waals surface area (Å²) >= 11 is 3.46. The van der Waals surface area contributed by atoms with E-state index in [9.17, 15) is 0 Å². The molecule has 3 rings (SSSR count). The smallest absolute Gasteiger partial charge is 0.135 e. The number of hydrogen-bond acceptors (Lipinski definition) is 3. The molecule has 2 heterocycles. The second kappa shape index (κ2) is 4.80. The van der Waals surface area contributed by atoms with Crippen LogP contribution >= 0.6 is 15.9 Å². The lowest BCUT2D eigenvalue weighted by Crippen LogP contribution is -2.19. The molecule has 1 N–H and O–H groups in total. The van der Waals surface area contributed by atoms with Crippen LogP contribution in [0.4, 0.5) is 0 Å². The Kier molecular flexibility index (Phi) is 3.18. The zero-order chi connectivity index (χ0) is 11.7.